The summed E-state index contributed by atoms with van der Waals surface area (Å²) in [5.41, 5.74) is 1.06. The molecule has 0 saturated heterocycles. The summed E-state index contributed by atoms with van der Waals surface area (Å²) >= 11 is 7.83. The number of ketones is 2. The quantitative estimate of drug-likeness (QED) is 0.327. The molecule has 0 amide bonds. The van der Waals surface area contributed by atoms with Gasteiger partial charge in [0, 0.05) is 32.3 Å². The van der Waals surface area contributed by atoms with Crippen LogP contribution >= 0.6 is 51.0 Å². The van der Waals surface area contributed by atoms with Crippen LogP contribution in [0, 0.1) is 0 Å². The lowest BCUT2D eigenvalue weighted by Gasteiger charge is -2.08. The van der Waals surface area contributed by atoms with Crippen molar-refractivity contribution in [2.45, 2.75) is 20.1 Å². The molecule has 148 valence electrons. The number of aromatic nitrogens is 2. The van der Waals surface area contributed by atoms with Crippen molar-refractivity contribution in [3.8, 4) is 0 Å². The van der Waals surface area contributed by atoms with E-state index in [1.54, 1.807) is 24.4 Å². The topological polar surface area (TPSA) is 119 Å². The molecule has 0 spiro atoms. The highest BCUT2D eigenvalue weighted by atomic mass is 79.9. The number of phosphoric acid groups is 1. The van der Waals surface area contributed by atoms with Crippen molar-refractivity contribution in [2.75, 3.05) is 0 Å². The van der Waals surface area contributed by atoms with Gasteiger partial charge in [-0.05, 0) is 44.0 Å². The van der Waals surface area contributed by atoms with E-state index < -0.39 is 20.3 Å². The van der Waals surface area contributed by atoms with Gasteiger partial charge in [-0.1, -0.05) is 6.92 Å². The Morgan fingerprint density at radius 2 is 1.96 bits per heavy atom. The van der Waals surface area contributed by atoms with Crippen molar-refractivity contribution < 1.29 is 28.5 Å². The Kier molecular flexibility index (Phi) is 6.35. The third kappa shape index (κ3) is 4.51. The summed E-state index contributed by atoms with van der Waals surface area (Å²) in [4.78, 5) is 46.9. The second-order valence-corrected chi connectivity index (χ2v) is 9.49. The maximum Gasteiger partial charge on any atom is 0.471 e. The molecule has 28 heavy (non-hydrogen) atoms. The van der Waals surface area contributed by atoms with Crippen molar-refractivity contribution in [1.82, 2.24) is 9.55 Å². The van der Waals surface area contributed by atoms with Gasteiger partial charge in [-0.25, -0.2) is 9.55 Å². The molecular weight excluding hydrogens is 539 g/mol. The molecule has 3 aromatic rings. The van der Waals surface area contributed by atoms with Crippen LogP contribution in [0.5, 0.6) is 0 Å². The van der Waals surface area contributed by atoms with Gasteiger partial charge < -0.3 is 14.4 Å². The number of carbonyl (C=O) groups excluding carboxylic acids is 2. The molecule has 8 nitrogen and oxygen atoms in total. The number of benzene rings is 1. The molecule has 0 aliphatic heterocycles. The lowest BCUT2D eigenvalue weighted by Crippen LogP contribution is -2.03. The van der Waals surface area contributed by atoms with E-state index in [1.807, 2.05) is 0 Å². The third-order valence-electron chi connectivity index (χ3n) is 3.84. The van der Waals surface area contributed by atoms with Gasteiger partial charge in [0.05, 0.1) is 11.1 Å². The van der Waals surface area contributed by atoms with Crippen LogP contribution in [-0.2, 0) is 15.8 Å². The minimum Gasteiger partial charge on any atom is -0.322 e. The van der Waals surface area contributed by atoms with Gasteiger partial charge in [0.1, 0.15) is 12.4 Å². The van der Waals surface area contributed by atoms with Crippen molar-refractivity contribution in [1.29, 1.82) is 0 Å². The number of carbonyl (C=O) groups is 2. The highest BCUT2D eigenvalue weighted by molar-refractivity contribution is 9.13. The number of hydrogen-bond donors (Lipinski definition) is 2. The molecule has 0 radical (unpaired) electrons. The molecule has 0 bridgehead atoms. The zero-order chi connectivity index (χ0) is 20.6. The van der Waals surface area contributed by atoms with E-state index in [4.69, 9.17) is 9.79 Å². The minimum absolute atomic E-state index is 0.153. The summed E-state index contributed by atoms with van der Waals surface area (Å²) < 4.78 is 18.4. The average Bonchev–Trinajstić information content (AvgIpc) is 3.24. The van der Waals surface area contributed by atoms with Crippen LogP contribution in [-0.4, -0.2) is 30.9 Å². The van der Waals surface area contributed by atoms with Crippen LogP contribution in [0.2, 0.25) is 0 Å². The number of nitrogens with zero attached hydrogens (tertiary/aromatic N) is 2. The molecule has 0 unspecified atom stereocenters. The molecule has 0 atom stereocenters. The van der Waals surface area contributed by atoms with E-state index in [2.05, 4.69) is 41.4 Å². The van der Waals surface area contributed by atoms with Gasteiger partial charge in [-0.3, -0.25) is 14.1 Å². The van der Waals surface area contributed by atoms with E-state index in [1.165, 1.54) is 10.8 Å². The summed E-state index contributed by atoms with van der Waals surface area (Å²) in [6, 6.07) is 3.42. The molecular formula is C16H13Br2N2O6PS. The monoisotopic (exact) mass is 550 g/mol. The Morgan fingerprint density at radius 3 is 2.61 bits per heavy atom. The fourth-order valence-electron chi connectivity index (χ4n) is 2.51. The van der Waals surface area contributed by atoms with E-state index in [9.17, 15) is 14.2 Å². The van der Waals surface area contributed by atoms with Crippen LogP contribution in [0.4, 0.5) is 0 Å². The summed E-state index contributed by atoms with van der Waals surface area (Å²) in [6.07, 6.45) is 1.74. The molecule has 2 N–H and O–H groups in total. The molecule has 1 aromatic carbocycles. The number of rotatable bonds is 7. The first-order valence-electron chi connectivity index (χ1n) is 7.82. The summed E-state index contributed by atoms with van der Waals surface area (Å²) in [7, 11) is -4.69. The van der Waals surface area contributed by atoms with E-state index >= 15 is 0 Å². The predicted octanol–water partition coefficient (Wildman–Crippen LogP) is 4.51. The van der Waals surface area contributed by atoms with E-state index in [0.717, 1.165) is 11.3 Å². The van der Waals surface area contributed by atoms with Crippen LogP contribution in [0.25, 0.3) is 10.9 Å². The third-order valence-corrected chi connectivity index (χ3v) is 6.98. The lowest BCUT2D eigenvalue weighted by atomic mass is 10.1. The summed E-state index contributed by atoms with van der Waals surface area (Å²) in [5.74, 6) is -0.547. The molecule has 3 rings (SSSR count). The Bertz CT molecular complexity index is 1140. The molecule has 0 fully saturated rings. The van der Waals surface area contributed by atoms with Crippen molar-refractivity contribution in [2.24, 2.45) is 0 Å². The van der Waals surface area contributed by atoms with Gasteiger partial charge in [0.2, 0.25) is 5.78 Å². The minimum atomic E-state index is -4.69. The van der Waals surface area contributed by atoms with Gasteiger partial charge >= 0.3 is 7.82 Å². The van der Waals surface area contributed by atoms with Gasteiger partial charge in [-0.15, -0.1) is 11.3 Å². The first-order chi connectivity index (χ1) is 13.1. The van der Waals surface area contributed by atoms with Gasteiger partial charge in [0.25, 0.3) is 0 Å². The maximum absolute atomic E-state index is 13.0. The fraction of sp³-hybridized carbons (Fsp3) is 0.188. The van der Waals surface area contributed by atoms with Crippen LogP contribution < -0.4 is 0 Å². The fourth-order valence-corrected chi connectivity index (χ4v) is 4.24. The number of halogens is 2. The average molecular weight is 552 g/mol. The Morgan fingerprint density at radius 1 is 1.29 bits per heavy atom. The summed E-state index contributed by atoms with van der Waals surface area (Å²) in [6.45, 7) is 1.27. The second kappa shape index (κ2) is 8.27. The van der Waals surface area contributed by atoms with Crippen LogP contribution in [0.3, 0.4) is 0 Å². The van der Waals surface area contributed by atoms with Crippen LogP contribution in [0.1, 0.15) is 39.2 Å². The van der Waals surface area contributed by atoms with Gasteiger partial charge in [-0.2, -0.15) is 0 Å². The van der Waals surface area contributed by atoms with Crippen molar-refractivity contribution in [3.63, 3.8) is 0 Å². The molecule has 12 heteroatoms. The first-order valence-corrected chi connectivity index (χ1v) is 11.8. The van der Waals surface area contributed by atoms with E-state index in [0.29, 0.717) is 19.8 Å². The molecule has 0 saturated carbocycles. The molecule has 0 aliphatic carbocycles. The number of fused-ring (bicyclic) bond motifs is 1. The number of hydrogen-bond acceptors (Lipinski definition) is 6. The number of thiazole rings is 1. The smallest absolute Gasteiger partial charge is 0.322 e. The van der Waals surface area contributed by atoms with Gasteiger partial charge in [0.15, 0.2) is 10.8 Å². The lowest BCUT2D eigenvalue weighted by molar-refractivity contribution is 0.0984. The highest BCUT2D eigenvalue weighted by Gasteiger charge is 2.23. The Hall–Kier alpha value is -1.20. The Balaban J connectivity index is 2.08. The summed E-state index contributed by atoms with van der Waals surface area (Å²) in [5, 5.41) is 2.25. The van der Waals surface area contributed by atoms with Crippen molar-refractivity contribution >= 4 is 73.5 Å². The molecule has 2 aromatic heterocycles. The first kappa shape index (κ1) is 21.5. The number of Topliss-reactive ketones (excluding diaryl/α,β-unsaturated/α-hetero) is 1. The standard InChI is InChI=1S/C16H13Br2N2O6PS/c1-2-14(21)12-6-28-16(19-12)15(22)9-5-20(7-26-27(23,24)25)13-4-11(18)10(17)3-8(9)13/h3-6H,2,7H2,1H3,(H2,23,24,25). The maximum atomic E-state index is 13.0. The zero-order valence-electron chi connectivity index (χ0n) is 14.3. The van der Waals surface area contributed by atoms with Crippen molar-refractivity contribution in [3.05, 3.63) is 48.9 Å². The Labute approximate surface area is 180 Å². The second-order valence-electron chi connectivity index (χ2n) is 5.69. The molecule has 2 heterocycles. The highest BCUT2D eigenvalue weighted by Crippen LogP contribution is 2.38. The normalized spacial score (nSPS) is 11.9. The van der Waals surface area contributed by atoms with E-state index in [-0.39, 0.29) is 28.5 Å². The zero-order valence-corrected chi connectivity index (χ0v) is 19.1. The SMILES string of the molecule is CCC(=O)c1csc(C(=O)c2cn(COP(=O)(O)O)c3cc(Br)c(Br)cc23)n1. The largest absolute Gasteiger partial charge is 0.471 e. The molecule has 0 aliphatic rings. The predicted molar refractivity (Wildman–Crippen MR) is 111 cm³/mol. The number of phosphoric ester groups is 1. The van der Waals surface area contributed by atoms with Crippen LogP contribution in [0.15, 0.2) is 32.7 Å².